The van der Waals surface area contributed by atoms with Crippen LogP contribution in [0.1, 0.15) is 20.3 Å². The lowest BCUT2D eigenvalue weighted by molar-refractivity contribution is -0.0176. The second kappa shape index (κ2) is 5.49. The molecule has 6 heteroatoms. The minimum atomic E-state index is -0.824. The predicted octanol–water partition coefficient (Wildman–Crippen LogP) is 0.860. The van der Waals surface area contributed by atoms with E-state index >= 15 is 0 Å². The van der Waals surface area contributed by atoms with Gasteiger partial charge < -0.3 is 20.5 Å². The molecule has 2 unspecified atom stereocenters. The Hall–Kier alpha value is -1.40. The maximum Gasteiger partial charge on any atom is 0.147 e. The molecule has 1 saturated heterocycles. The molecule has 1 aromatic rings. The van der Waals surface area contributed by atoms with Gasteiger partial charge in [0.05, 0.1) is 18.5 Å². The molecule has 2 atom stereocenters. The molecule has 0 radical (unpaired) electrons. The number of aliphatic hydroxyl groups is 1. The summed E-state index contributed by atoms with van der Waals surface area (Å²) in [6, 6.07) is 0. The first-order valence-electron chi connectivity index (χ1n) is 6.28. The monoisotopic (exact) mass is 252 g/mol. The normalized spacial score (nSPS) is 27.2. The van der Waals surface area contributed by atoms with Crippen molar-refractivity contribution in [2.75, 3.05) is 30.3 Å². The van der Waals surface area contributed by atoms with Crippen LogP contribution in [0.5, 0.6) is 0 Å². The van der Waals surface area contributed by atoms with E-state index in [4.69, 9.17) is 4.74 Å². The standard InChI is InChI=1S/C12H20N4O2/c1-3-14-10-6-13-7-11(16-10)15-8-12(17)4-5-18-9(12)2/h6-7,9,17H,3-5,8H2,1-2H3,(H2,14,15,16). The molecule has 2 heterocycles. The predicted molar refractivity (Wildman–Crippen MR) is 69.7 cm³/mol. The lowest BCUT2D eigenvalue weighted by atomic mass is 9.97. The number of rotatable bonds is 5. The van der Waals surface area contributed by atoms with Crippen LogP contribution in [-0.2, 0) is 4.74 Å². The van der Waals surface area contributed by atoms with E-state index in [2.05, 4.69) is 20.6 Å². The zero-order chi connectivity index (χ0) is 13.0. The maximum absolute atomic E-state index is 10.3. The smallest absolute Gasteiger partial charge is 0.147 e. The Labute approximate surface area is 107 Å². The van der Waals surface area contributed by atoms with Gasteiger partial charge in [0.1, 0.15) is 17.2 Å². The van der Waals surface area contributed by atoms with Crippen molar-refractivity contribution in [2.24, 2.45) is 0 Å². The summed E-state index contributed by atoms with van der Waals surface area (Å²) in [6.07, 6.45) is 3.80. The summed E-state index contributed by atoms with van der Waals surface area (Å²) in [6.45, 7) is 5.70. The third-order valence-electron chi connectivity index (χ3n) is 3.23. The maximum atomic E-state index is 10.3. The molecule has 1 aromatic heterocycles. The Morgan fingerprint density at radius 3 is 2.78 bits per heavy atom. The zero-order valence-electron chi connectivity index (χ0n) is 10.8. The first-order chi connectivity index (χ1) is 8.64. The van der Waals surface area contributed by atoms with Gasteiger partial charge in [0.25, 0.3) is 0 Å². The largest absolute Gasteiger partial charge is 0.385 e. The van der Waals surface area contributed by atoms with Crippen LogP contribution >= 0.6 is 0 Å². The van der Waals surface area contributed by atoms with E-state index in [1.807, 2.05) is 13.8 Å². The van der Waals surface area contributed by atoms with Crippen LogP contribution in [0.15, 0.2) is 12.4 Å². The van der Waals surface area contributed by atoms with Gasteiger partial charge in [0.2, 0.25) is 0 Å². The van der Waals surface area contributed by atoms with Crippen molar-refractivity contribution in [3.63, 3.8) is 0 Å². The van der Waals surface area contributed by atoms with Crippen molar-refractivity contribution in [3.05, 3.63) is 12.4 Å². The molecule has 2 rings (SSSR count). The average molecular weight is 252 g/mol. The SMILES string of the molecule is CCNc1cncc(NCC2(O)CCOC2C)n1. The lowest BCUT2D eigenvalue weighted by Gasteiger charge is -2.26. The Balaban J connectivity index is 1.95. The molecular formula is C12H20N4O2. The van der Waals surface area contributed by atoms with Crippen LogP contribution in [0.25, 0.3) is 0 Å². The summed E-state index contributed by atoms with van der Waals surface area (Å²) in [5.74, 6) is 1.38. The number of ether oxygens (including phenoxy) is 1. The van der Waals surface area contributed by atoms with E-state index in [0.29, 0.717) is 25.4 Å². The van der Waals surface area contributed by atoms with E-state index in [1.54, 1.807) is 12.4 Å². The van der Waals surface area contributed by atoms with Gasteiger partial charge in [0.15, 0.2) is 0 Å². The Morgan fingerprint density at radius 2 is 2.17 bits per heavy atom. The molecule has 0 spiro atoms. The van der Waals surface area contributed by atoms with Crippen molar-refractivity contribution in [2.45, 2.75) is 32.0 Å². The Kier molecular flexibility index (Phi) is 3.98. The summed E-state index contributed by atoms with van der Waals surface area (Å²) in [7, 11) is 0. The summed E-state index contributed by atoms with van der Waals surface area (Å²) in [4.78, 5) is 8.43. The molecule has 0 amide bonds. The highest BCUT2D eigenvalue weighted by Crippen LogP contribution is 2.25. The molecule has 3 N–H and O–H groups in total. The van der Waals surface area contributed by atoms with Crippen LogP contribution < -0.4 is 10.6 Å². The van der Waals surface area contributed by atoms with E-state index in [9.17, 15) is 5.11 Å². The first kappa shape index (κ1) is 13.0. The van der Waals surface area contributed by atoms with Gasteiger partial charge in [-0.2, -0.15) is 0 Å². The quantitative estimate of drug-likeness (QED) is 0.721. The van der Waals surface area contributed by atoms with Crippen LogP contribution in [0, 0.1) is 0 Å². The van der Waals surface area contributed by atoms with Crippen molar-refractivity contribution in [3.8, 4) is 0 Å². The average Bonchev–Trinajstić information content (AvgIpc) is 2.69. The summed E-state index contributed by atoms with van der Waals surface area (Å²) in [5, 5.41) is 16.5. The molecule has 0 bridgehead atoms. The second-order valence-corrected chi connectivity index (χ2v) is 4.54. The van der Waals surface area contributed by atoms with Crippen molar-refractivity contribution < 1.29 is 9.84 Å². The molecule has 100 valence electrons. The van der Waals surface area contributed by atoms with Gasteiger partial charge in [-0.3, -0.25) is 4.98 Å². The third-order valence-corrected chi connectivity index (χ3v) is 3.23. The van der Waals surface area contributed by atoms with Crippen LogP contribution in [-0.4, -0.2) is 46.5 Å². The number of hydrogen-bond donors (Lipinski definition) is 3. The van der Waals surface area contributed by atoms with Crippen molar-refractivity contribution in [1.29, 1.82) is 0 Å². The molecule has 0 aromatic carbocycles. The first-order valence-corrected chi connectivity index (χ1v) is 6.28. The molecule has 18 heavy (non-hydrogen) atoms. The summed E-state index contributed by atoms with van der Waals surface area (Å²) < 4.78 is 5.38. The fourth-order valence-electron chi connectivity index (χ4n) is 1.96. The van der Waals surface area contributed by atoms with Gasteiger partial charge in [-0.15, -0.1) is 0 Å². The molecule has 1 fully saturated rings. The summed E-state index contributed by atoms with van der Waals surface area (Å²) in [5.41, 5.74) is -0.824. The molecule has 6 nitrogen and oxygen atoms in total. The lowest BCUT2D eigenvalue weighted by Crippen LogP contribution is -2.43. The van der Waals surface area contributed by atoms with E-state index in [0.717, 1.165) is 12.4 Å². The summed E-state index contributed by atoms with van der Waals surface area (Å²) >= 11 is 0. The highest BCUT2D eigenvalue weighted by Gasteiger charge is 2.39. The number of hydrogen-bond acceptors (Lipinski definition) is 6. The van der Waals surface area contributed by atoms with Gasteiger partial charge in [-0.1, -0.05) is 0 Å². The van der Waals surface area contributed by atoms with Gasteiger partial charge in [0, 0.05) is 26.1 Å². The van der Waals surface area contributed by atoms with E-state index in [-0.39, 0.29) is 6.10 Å². The van der Waals surface area contributed by atoms with Crippen LogP contribution in [0.4, 0.5) is 11.6 Å². The molecule has 0 aliphatic carbocycles. The molecule has 0 saturated carbocycles. The zero-order valence-corrected chi connectivity index (χ0v) is 10.8. The fraction of sp³-hybridized carbons (Fsp3) is 0.667. The van der Waals surface area contributed by atoms with Crippen molar-refractivity contribution >= 4 is 11.6 Å². The minimum Gasteiger partial charge on any atom is -0.385 e. The third kappa shape index (κ3) is 2.88. The Morgan fingerprint density at radius 1 is 1.44 bits per heavy atom. The van der Waals surface area contributed by atoms with Crippen LogP contribution in [0.3, 0.4) is 0 Å². The highest BCUT2D eigenvalue weighted by molar-refractivity contribution is 5.41. The molecular weight excluding hydrogens is 232 g/mol. The van der Waals surface area contributed by atoms with Crippen LogP contribution in [0.2, 0.25) is 0 Å². The van der Waals surface area contributed by atoms with E-state index in [1.165, 1.54) is 0 Å². The van der Waals surface area contributed by atoms with Gasteiger partial charge in [-0.25, -0.2) is 4.98 Å². The van der Waals surface area contributed by atoms with Gasteiger partial charge in [-0.05, 0) is 13.8 Å². The Bertz CT molecular complexity index is 401. The number of nitrogens with one attached hydrogen (secondary N) is 2. The number of anilines is 2. The minimum absolute atomic E-state index is 0.157. The molecule has 1 aliphatic heterocycles. The van der Waals surface area contributed by atoms with Gasteiger partial charge >= 0.3 is 0 Å². The fourth-order valence-corrected chi connectivity index (χ4v) is 1.96. The number of nitrogens with zero attached hydrogens (tertiary/aromatic N) is 2. The second-order valence-electron chi connectivity index (χ2n) is 4.54. The number of aromatic nitrogens is 2. The molecule has 1 aliphatic rings. The van der Waals surface area contributed by atoms with Crippen molar-refractivity contribution in [1.82, 2.24) is 9.97 Å². The topological polar surface area (TPSA) is 79.3 Å². The highest BCUT2D eigenvalue weighted by atomic mass is 16.5. The van der Waals surface area contributed by atoms with E-state index < -0.39 is 5.60 Å².